The number of nitrogens with one attached hydrogen (secondary N) is 3. The molecule has 2 aromatic carbocycles. The van der Waals surface area contributed by atoms with Crippen LogP contribution in [0.5, 0.6) is 17.2 Å². The Bertz CT molecular complexity index is 1860. The molecule has 3 N–H and O–H groups in total. The summed E-state index contributed by atoms with van der Waals surface area (Å²) in [7, 11) is 1.43. The van der Waals surface area contributed by atoms with Gasteiger partial charge in [-0.3, -0.25) is 10.1 Å². The molecule has 44 heavy (non-hydrogen) atoms. The van der Waals surface area contributed by atoms with Gasteiger partial charge < -0.3 is 28.8 Å². The molecule has 16 heteroatoms. The van der Waals surface area contributed by atoms with Gasteiger partial charge in [-0.05, 0) is 37.3 Å². The van der Waals surface area contributed by atoms with Crippen molar-refractivity contribution in [1.29, 1.82) is 0 Å². The molecule has 0 saturated heterocycles. The second-order valence-corrected chi connectivity index (χ2v) is 9.56. The summed E-state index contributed by atoms with van der Waals surface area (Å²) in [6, 6.07) is 7.33. The van der Waals surface area contributed by atoms with Crippen LogP contribution in [-0.4, -0.2) is 68.0 Å². The zero-order chi connectivity index (χ0) is 30.8. The number of hydrogen-bond donors (Lipinski definition) is 3. The van der Waals surface area contributed by atoms with Crippen LogP contribution in [0.4, 0.5) is 10.1 Å². The van der Waals surface area contributed by atoms with Gasteiger partial charge in [0, 0.05) is 30.2 Å². The fraction of sp³-hybridized carbons (Fsp3) is 0.286. The Kier molecular flexibility index (Phi) is 7.70. The van der Waals surface area contributed by atoms with Crippen LogP contribution in [0, 0.1) is 12.7 Å². The van der Waals surface area contributed by atoms with Gasteiger partial charge in [0.05, 0.1) is 33.1 Å². The monoisotopic (exact) mass is 606 g/mol. The van der Waals surface area contributed by atoms with E-state index < -0.39 is 23.5 Å². The molecule has 15 nitrogen and oxygen atoms in total. The minimum atomic E-state index is -1.10. The molecular weight excluding hydrogens is 579 g/mol. The molecule has 0 spiro atoms. The summed E-state index contributed by atoms with van der Waals surface area (Å²) in [5.41, 5.74) is 0.544. The Morgan fingerprint density at radius 2 is 1.98 bits per heavy atom. The number of carbonyl (C=O) groups excluding carboxylic acids is 1. The second-order valence-electron chi connectivity index (χ2n) is 9.56. The van der Waals surface area contributed by atoms with E-state index in [1.165, 1.54) is 19.4 Å². The van der Waals surface area contributed by atoms with E-state index >= 15 is 4.39 Å². The lowest BCUT2D eigenvalue weighted by molar-refractivity contribution is 0.0526. The van der Waals surface area contributed by atoms with Gasteiger partial charge in [-0.25, -0.2) is 14.0 Å². The van der Waals surface area contributed by atoms with Crippen LogP contribution in [-0.2, 0) is 4.74 Å². The van der Waals surface area contributed by atoms with E-state index in [0.717, 1.165) is 4.68 Å². The van der Waals surface area contributed by atoms with Crippen LogP contribution in [0.15, 0.2) is 45.8 Å². The quantitative estimate of drug-likeness (QED) is 0.208. The number of esters is 1. The van der Waals surface area contributed by atoms with E-state index in [4.69, 9.17) is 23.5 Å². The number of nitrogens with zero attached hydrogens (tertiary/aromatic N) is 5. The van der Waals surface area contributed by atoms with Crippen molar-refractivity contribution in [3.8, 4) is 34.5 Å². The van der Waals surface area contributed by atoms with Crippen LogP contribution in [0.3, 0.4) is 0 Å². The van der Waals surface area contributed by atoms with Gasteiger partial charge in [0.1, 0.15) is 11.6 Å². The zero-order valence-corrected chi connectivity index (χ0v) is 23.8. The number of hydrogen-bond acceptors (Lipinski definition) is 12. The maximum absolute atomic E-state index is 16.3. The summed E-state index contributed by atoms with van der Waals surface area (Å²) < 4.78 is 44.3. The number of rotatable bonds is 9. The van der Waals surface area contributed by atoms with Crippen molar-refractivity contribution < 1.29 is 32.7 Å². The third-order valence-corrected chi connectivity index (χ3v) is 6.70. The lowest BCUT2D eigenvalue weighted by Crippen LogP contribution is -2.19. The molecule has 0 radical (unpaired) electrons. The van der Waals surface area contributed by atoms with E-state index in [0.29, 0.717) is 36.0 Å². The van der Waals surface area contributed by atoms with Crippen molar-refractivity contribution in [1.82, 2.24) is 35.1 Å². The summed E-state index contributed by atoms with van der Waals surface area (Å²) in [5.74, 6) is -0.368. The number of H-pyrrole nitrogens is 2. The number of fused-ring (bicyclic) bond motifs is 1. The fourth-order valence-electron chi connectivity index (χ4n) is 4.66. The van der Waals surface area contributed by atoms with Crippen LogP contribution in [0.1, 0.15) is 47.0 Å². The number of aromatic amines is 2. The maximum Gasteiger partial charge on any atom is 0.349 e. The number of methoxy groups -OCH3 is 1. The number of ether oxygens (including phenoxy) is 4. The SMILES string of the molecule is CCOC(=O)c1cn[nH]c1-n1nc(C(Nc2ccc(-c3noc(C)n3)cc2)c2cc(OC)c3c(c2F)OCCCO3)[nH]c1=O. The molecule has 1 atom stereocenters. The predicted molar refractivity (Wildman–Crippen MR) is 151 cm³/mol. The molecule has 0 fully saturated rings. The van der Waals surface area contributed by atoms with Crippen molar-refractivity contribution in [3.63, 3.8) is 0 Å². The number of halogens is 1. The van der Waals surface area contributed by atoms with E-state index in [2.05, 4.69) is 35.7 Å². The Hall–Kier alpha value is -5.67. The Morgan fingerprint density at radius 1 is 1.20 bits per heavy atom. The lowest BCUT2D eigenvalue weighted by atomic mass is 10.0. The summed E-state index contributed by atoms with van der Waals surface area (Å²) in [5, 5.41) is 18.1. The van der Waals surface area contributed by atoms with Gasteiger partial charge in [0.15, 0.2) is 23.2 Å². The second kappa shape index (κ2) is 11.9. The smallest absolute Gasteiger partial charge is 0.349 e. The summed E-state index contributed by atoms with van der Waals surface area (Å²) in [6.45, 7) is 4.01. The molecular formula is C28H27FN8O7. The summed E-state index contributed by atoms with van der Waals surface area (Å²) >= 11 is 0. The Balaban J connectivity index is 1.45. The first-order valence-electron chi connectivity index (χ1n) is 13.6. The standard InChI is InChI=1S/C28H27FN8O7/c1-4-41-27(38)18-13-30-34-26(18)37-28(39)33-25(35-37)21(32-16-8-6-15(7-9-16)24-31-14(2)44-36-24)17-12-19(40-3)22-23(20(17)29)43-11-5-10-42-22/h6-9,12-13,21,32H,4-5,10-11H2,1-3H3,(H,30,34)(H,33,35,39). The minimum absolute atomic E-state index is 0.00715. The summed E-state index contributed by atoms with van der Waals surface area (Å²) in [6.07, 6.45) is 1.77. The average molecular weight is 607 g/mol. The van der Waals surface area contributed by atoms with Crippen LogP contribution in [0.25, 0.3) is 17.2 Å². The highest BCUT2D eigenvalue weighted by Crippen LogP contribution is 2.45. The minimum Gasteiger partial charge on any atom is -0.493 e. The van der Waals surface area contributed by atoms with E-state index in [1.54, 1.807) is 38.1 Å². The highest BCUT2D eigenvalue weighted by atomic mass is 19.1. The predicted octanol–water partition coefficient (Wildman–Crippen LogP) is 3.33. The molecule has 0 amide bonds. The first-order valence-corrected chi connectivity index (χ1v) is 13.6. The van der Waals surface area contributed by atoms with Crippen molar-refractivity contribution >= 4 is 11.7 Å². The van der Waals surface area contributed by atoms with Gasteiger partial charge in [0.25, 0.3) is 0 Å². The van der Waals surface area contributed by atoms with Crippen LogP contribution in [0.2, 0.25) is 0 Å². The molecule has 0 bridgehead atoms. The van der Waals surface area contributed by atoms with Gasteiger partial charge in [0.2, 0.25) is 23.2 Å². The van der Waals surface area contributed by atoms with Crippen LogP contribution < -0.4 is 25.2 Å². The van der Waals surface area contributed by atoms with E-state index in [-0.39, 0.29) is 53.2 Å². The first kappa shape index (κ1) is 28.4. The van der Waals surface area contributed by atoms with Crippen molar-refractivity contribution in [3.05, 3.63) is 75.7 Å². The normalized spacial score (nSPS) is 13.3. The number of aryl methyl sites for hydroxylation is 1. The molecule has 0 aliphatic carbocycles. The lowest BCUT2D eigenvalue weighted by Gasteiger charge is -2.22. The zero-order valence-electron chi connectivity index (χ0n) is 23.8. The first-order chi connectivity index (χ1) is 21.4. The highest BCUT2D eigenvalue weighted by Gasteiger charge is 2.31. The molecule has 6 rings (SSSR count). The van der Waals surface area contributed by atoms with E-state index in [1.807, 2.05) is 0 Å². The van der Waals surface area contributed by atoms with Crippen molar-refractivity contribution in [2.45, 2.75) is 26.3 Å². The number of carbonyl (C=O) groups is 1. The molecule has 1 aliphatic rings. The average Bonchev–Trinajstić information content (AvgIpc) is 3.73. The third kappa shape index (κ3) is 5.32. The van der Waals surface area contributed by atoms with Gasteiger partial charge >= 0.3 is 11.7 Å². The Labute approximate surface area is 248 Å². The van der Waals surface area contributed by atoms with Gasteiger partial charge in [-0.2, -0.15) is 14.8 Å². The molecule has 1 unspecified atom stereocenters. The molecule has 3 aromatic heterocycles. The van der Waals surface area contributed by atoms with Gasteiger partial charge in [-0.15, -0.1) is 5.10 Å². The Morgan fingerprint density at radius 3 is 2.68 bits per heavy atom. The maximum atomic E-state index is 16.3. The number of benzene rings is 2. The molecule has 1 aliphatic heterocycles. The van der Waals surface area contributed by atoms with Crippen molar-refractivity contribution in [2.24, 2.45) is 0 Å². The van der Waals surface area contributed by atoms with Crippen LogP contribution >= 0.6 is 0 Å². The summed E-state index contributed by atoms with van der Waals surface area (Å²) in [4.78, 5) is 32.6. The number of aromatic nitrogens is 7. The molecule has 5 aromatic rings. The van der Waals surface area contributed by atoms with Crippen molar-refractivity contribution in [2.75, 3.05) is 32.2 Å². The van der Waals surface area contributed by atoms with Gasteiger partial charge in [-0.1, -0.05) is 5.16 Å². The highest BCUT2D eigenvalue weighted by molar-refractivity contribution is 5.92. The number of anilines is 1. The largest absolute Gasteiger partial charge is 0.493 e. The topological polar surface area (TPSA) is 184 Å². The van der Waals surface area contributed by atoms with E-state index in [9.17, 15) is 9.59 Å². The third-order valence-electron chi connectivity index (χ3n) is 6.70. The molecule has 228 valence electrons. The fourth-order valence-corrected chi connectivity index (χ4v) is 4.66. The molecule has 4 heterocycles. The molecule has 0 saturated carbocycles.